The molecule has 0 bridgehead atoms. The molecule has 1 aromatic rings. The van der Waals surface area contributed by atoms with Gasteiger partial charge < -0.3 is 15.8 Å². The van der Waals surface area contributed by atoms with E-state index < -0.39 is 29.6 Å². The zero-order chi connectivity index (χ0) is 16.7. The predicted octanol–water partition coefficient (Wildman–Crippen LogP) is 1.75. The van der Waals surface area contributed by atoms with Gasteiger partial charge in [0.2, 0.25) is 5.91 Å². The Morgan fingerprint density at radius 2 is 2.00 bits per heavy atom. The SMILES string of the molecule is CC(C)C(Oc1ccc(F)cc1F)C(=O)NCCCC(N)=O. The number of primary amides is 1. The molecule has 0 radical (unpaired) electrons. The molecule has 1 atom stereocenters. The van der Waals surface area contributed by atoms with Crippen LogP contribution in [0.4, 0.5) is 8.78 Å². The average Bonchev–Trinajstić information content (AvgIpc) is 2.42. The Morgan fingerprint density at radius 1 is 1.32 bits per heavy atom. The minimum absolute atomic E-state index is 0.167. The molecule has 0 saturated carbocycles. The number of hydrogen-bond acceptors (Lipinski definition) is 3. The second kappa shape index (κ2) is 8.31. The largest absolute Gasteiger partial charge is 0.477 e. The maximum absolute atomic E-state index is 13.6. The van der Waals surface area contributed by atoms with Crippen molar-refractivity contribution in [2.75, 3.05) is 6.54 Å². The minimum atomic E-state index is -0.923. The van der Waals surface area contributed by atoms with Gasteiger partial charge in [0.1, 0.15) is 5.82 Å². The van der Waals surface area contributed by atoms with Crippen LogP contribution < -0.4 is 15.8 Å². The highest BCUT2D eigenvalue weighted by atomic mass is 19.1. The Kier molecular flexibility index (Phi) is 6.75. The molecule has 0 aromatic heterocycles. The van der Waals surface area contributed by atoms with Crippen molar-refractivity contribution in [2.45, 2.75) is 32.8 Å². The van der Waals surface area contributed by atoms with E-state index in [1.807, 2.05) is 0 Å². The molecule has 0 fully saturated rings. The van der Waals surface area contributed by atoms with E-state index >= 15 is 0 Å². The molecular weight excluding hydrogens is 294 g/mol. The lowest BCUT2D eigenvalue weighted by Gasteiger charge is -2.22. The smallest absolute Gasteiger partial charge is 0.261 e. The summed E-state index contributed by atoms with van der Waals surface area (Å²) in [6.07, 6.45) is -0.342. The number of carbonyl (C=O) groups excluding carboxylic acids is 2. The van der Waals surface area contributed by atoms with E-state index in [1.54, 1.807) is 13.8 Å². The van der Waals surface area contributed by atoms with Crippen LogP contribution in [-0.2, 0) is 9.59 Å². The van der Waals surface area contributed by atoms with Crippen molar-refractivity contribution < 1.29 is 23.1 Å². The van der Waals surface area contributed by atoms with Crippen LogP contribution in [0.25, 0.3) is 0 Å². The molecule has 2 amide bonds. The number of carbonyl (C=O) groups is 2. The molecule has 0 aliphatic carbocycles. The number of halogens is 2. The molecule has 1 rings (SSSR count). The van der Waals surface area contributed by atoms with Gasteiger partial charge in [-0.2, -0.15) is 0 Å². The highest BCUT2D eigenvalue weighted by Gasteiger charge is 2.25. The number of amides is 2. The molecule has 0 saturated heterocycles. The van der Waals surface area contributed by atoms with Gasteiger partial charge in [0, 0.05) is 19.0 Å². The molecule has 7 heteroatoms. The van der Waals surface area contributed by atoms with Gasteiger partial charge in [0.05, 0.1) is 0 Å². The fraction of sp³-hybridized carbons (Fsp3) is 0.467. The van der Waals surface area contributed by atoms with Crippen molar-refractivity contribution >= 4 is 11.8 Å². The summed E-state index contributed by atoms with van der Waals surface area (Å²) >= 11 is 0. The van der Waals surface area contributed by atoms with E-state index in [-0.39, 0.29) is 24.6 Å². The third-order valence-corrected chi connectivity index (χ3v) is 2.91. The van der Waals surface area contributed by atoms with Crippen LogP contribution >= 0.6 is 0 Å². The number of rotatable bonds is 8. The Hall–Kier alpha value is -2.18. The molecule has 1 unspecified atom stereocenters. The summed E-state index contributed by atoms with van der Waals surface area (Å²) in [5.74, 6) is -2.87. The molecule has 0 aliphatic heterocycles. The summed E-state index contributed by atoms with van der Waals surface area (Å²) in [6, 6.07) is 2.89. The van der Waals surface area contributed by atoms with Crippen LogP contribution in [0.15, 0.2) is 18.2 Å². The second-order valence-electron chi connectivity index (χ2n) is 5.22. The fourth-order valence-electron chi connectivity index (χ4n) is 1.77. The molecule has 1 aromatic carbocycles. The van der Waals surface area contributed by atoms with Crippen LogP contribution in [0.5, 0.6) is 5.75 Å². The highest BCUT2D eigenvalue weighted by Crippen LogP contribution is 2.21. The summed E-state index contributed by atoms with van der Waals surface area (Å²) < 4.78 is 31.8. The van der Waals surface area contributed by atoms with Crippen molar-refractivity contribution in [1.82, 2.24) is 5.32 Å². The van der Waals surface area contributed by atoms with E-state index in [0.717, 1.165) is 12.1 Å². The third kappa shape index (κ3) is 5.67. The molecule has 122 valence electrons. The molecule has 0 aliphatic rings. The maximum atomic E-state index is 13.6. The molecule has 3 N–H and O–H groups in total. The van der Waals surface area contributed by atoms with Gasteiger partial charge in [-0.05, 0) is 24.5 Å². The Bertz CT molecular complexity index is 536. The molecule has 5 nitrogen and oxygen atoms in total. The predicted molar refractivity (Wildman–Crippen MR) is 77.1 cm³/mol. The van der Waals surface area contributed by atoms with E-state index in [1.165, 1.54) is 0 Å². The molecular formula is C15H20F2N2O3. The third-order valence-electron chi connectivity index (χ3n) is 2.91. The van der Waals surface area contributed by atoms with Gasteiger partial charge in [0.25, 0.3) is 5.91 Å². The average molecular weight is 314 g/mol. The summed E-state index contributed by atoms with van der Waals surface area (Å²) in [5.41, 5.74) is 5.00. The lowest BCUT2D eigenvalue weighted by atomic mass is 10.1. The van der Waals surface area contributed by atoms with Gasteiger partial charge in [-0.3, -0.25) is 9.59 Å². The summed E-state index contributed by atoms with van der Waals surface area (Å²) in [4.78, 5) is 22.7. The van der Waals surface area contributed by atoms with E-state index in [4.69, 9.17) is 10.5 Å². The first-order valence-corrected chi connectivity index (χ1v) is 6.99. The molecule has 22 heavy (non-hydrogen) atoms. The van der Waals surface area contributed by atoms with Gasteiger partial charge >= 0.3 is 0 Å². The summed E-state index contributed by atoms with van der Waals surface area (Å²) in [5, 5.41) is 2.60. The standard InChI is InChI=1S/C15H20F2N2O3/c1-9(2)14(15(21)19-7-3-4-13(18)20)22-12-6-5-10(16)8-11(12)17/h5-6,8-9,14H,3-4,7H2,1-2H3,(H2,18,20)(H,19,21). The first-order valence-electron chi connectivity index (χ1n) is 6.99. The number of nitrogens with two attached hydrogens (primary N) is 1. The van der Waals surface area contributed by atoms with Gasteiger partial charge in [-0.15, -0.1) is 0 Å². The normalized spacial score (nSPS) is 12.0. The quantitative estimate of drug-likeness (QED) is 0.717. The van der Waals surface area contributed by atoms with Gasteiger partial charge in [0.15, 0.2) is 17.7 Å². The number of ether oxygens (including phenoxy) is 1. The topological polar surface area (TPSA) is 81.4 Å². The molecule has 0 heterocycles. The van der Waals surface area contributed by atoms with Crippen molar-refractivity contribution in [3.8, 4) is 5.75 Å². The fourth-order valence-corrected chi connectivity index (χ4v) is 1.77. The Morgan fingerprint density at radius 3 is 2.55 bits per heavy atom. The van der Waals surface area contributed by atoms with E-state index in [2.05, 4.69) is 5.32 Å². The van der Waals surface area contributed by atoms with Gasteiger partial charge in [-0.25, -0.2) is 8.78 Å². The van der Waals surface area contributed by atoms with Crippen LogP contribution in [-0.4, -0.2) is 24.5 Å². The highest BCUT2D eigenvalue weighted by molar-refractivity contribution is 5.81. The van der Waals surface area contributed by atoms with Crippen molar-refractivity contribution in [2.24, 2.45) is 11.7 Å². The monoisotopic (exact) mass is 314 g/mol. The Balaban J connectivity index is 2.64. The van der Waals surface area contributed by atoms with Crippen molar-refractivity contribution in [3.63, 3.8) is 0 Å². The summed E-state index contributed by atoms with van der Waals surface area (Å²) in [7, 11) is 0. The maximum Gasteiger partial charge on any atom is 0.261 e. The van der Waals surface area contributed by atoms with Crippen LogP contribution in [0.3, 0.4) is 0 Å². The van der Waals surface area contributed by atoms with Gasteiger partial charge in [-0.1, -0.05) is 13.8 Å². The number of hydrogen-bond donors (Lipinski definition) is 2. The lowest BCUT2D eigenvalue weighted by Crippen LogP contribution is -2.42. The first kappa shape index (κ1) is 17.9. The zero-order valence-corrected chi connectivity index (χ0v) is 12.6. The van der Waals surface area contributed by atoms with Crippen molar-refractivity contribution in [3.05, 3.63) is 29.8 Å². The van der Waals surface area contributed by atoms with E-state index in [0.29, 0.717) is 12.5 Å². The Labute approximate surface area is 127 Å². The minimum Gasteiger partial charge on any atom is -0.477 e. The molecule has 0 spiro atoms. The lowest BCUT2D eigenvalue weighted by molar-refractivity contribution is -0.130. The van der Waals surface area contributed by atoms with Crippen LogP contribution in [0.2, 0.25) is 0 Å². The second-order valence-corrected chi connectivity index (χ2v) is 5.22. The van der Waals surface area contributed by atoms with Crippen LogP contribution in [0.1, 0.15) is 26.7 Å². The van der Waals surface area contributed by atoms with Crippen LogP contribution in [0, 0.1) is 17.6 Å². The number of benzene rings is 1. The summed E-state index contributed by atoms with van der Waals surface area (Å²) in [6.45, 7) is 3.75. The number of nitrogens with one attached hydrogen (secondary N) is 1. The zero-order valence-electron chi connectivity index (χ0n) is 12.6. The van der Waals surface area contributed by atoms with Crippen molar-refractivity contribution in [1.29, 1.82) is 0 Å². The van der Waals surface area contributed by atoms with E-state index in [9.17, 15) is 18.4 Å². The first-order chi connectivity index (χ1) is 10.3.